The highest BCUT2D eigenvalue weighted by atomic mass is 19.4. The molecule has 0 radical (unpaired) electrons. The fourth-order valence-corrected chi connectivity index (χ4v) is 2.72. The molecule has 150 valence electrons. The fraction of sp³-hybridized carbons (Fsp3) is 0.150. The number of halogens is 3. The first-order valence-electron chi connectivity index (χ1n) is 8.35. The maximum atomic E-state index is 13.1. The molecular weight excluding hydrogens is 387 g/mol. The topological polar surface area (TPSA) is 87.3 Å². The minimum absolute atomic E-state index is 0.101. The number of primary amides is 1. The Morgan fingerprint density at radius 3 is 2.45 bits per heavy atom. The molecule has 1 amide bonds. The summed E-state index contributed by atoms with van der Waals surface area (Å²) in [6, 6.07) is 8.89. The number of methoxy groups -OCH3 is 1. The second-order valence-electron chi connectivity index (χ2n) is 6.10. The van der Waals surface area contributed by atoms with E-state index in [2.05, 4.69) is 14.7 Å². The molecule has 1 aromatic carbocycles. The Bertz CT molecular complexity index is 1070. The number of benzene rings is 1. The molecule has 3 aromatic rings. The molecule has 2 heterocycles. The Hall–Kier alpha value is -3.62. The Morgan fingerprint density at radius 2 is 1.83 bits per heavy atom. The van der Waals surface area contributed by atoms with Gasteiger partial charge in [0.25, 0.3) is 0 Å². The fourth-order valence-electron chi connectivity index (χ4n) is 2.72. The number of hydrogen-bond acceptors (Lipinski definition) is 5. The number of aryl methyl sites for hydroxylation is 1. The van der Waals surface area contributed by atoms with E-state index in [1.807, 2.05) is 0 Å². The van der Waals surface area contributed by atoms with Crippen LogP contribution in [0.5, 0.6) is 17.4 Å². The molecule has 0 spiro atoms. The van der Waals surface area contributed by atoms with Crippen molar-refractivity contribution >= 4 is 5.91 Å². The number of carbonyl (C=O) groups is 1. The van der Waals surface area contributed by atoms with Gasteiger partial charge in [0.15, 0.2) is 0 Å². The van der Waals surface area contributed by atoms with Crippen LogP contribution in [-0.4, -0.2) is 23.0 Å². The van der Waals surface area contributed by atoms with E-state index >= 15 is 0 Å². The molecule has 2 N–H and O–H groups in total. The molecule has 0 saturated heterocycles. The molecule has 0 atom stereocenters. The number of alkyl halides is 3. The Balaban J connectivity index is 1.91. The van der Waals surface area contributed by atoms with E-state index in [4.69, 9.17) is 10.5 Å². The molecule has 0 aliphatic heterocycles. The molecule has 6 nitrogen and oxygen atoms in total. The zero-order valence-electron chi connectivity index (χ0n) is 15.4. The second-order valence-corrected chi connectivity index (χ2v) is 6.10. The van der Waals surface area contributed by atoms with Gasteiger partial charge in [0.05, 0.1) is 19.0 Å². The van der Waals surface area contributed by atoms with Crippen LogP contribution in [0.25, 0.3) is 11.3 Å². The van der Waals surface area contributed by atoms with Crippen molar-refractivity contribution in [2.24, 2.45) is 5.73 Å². The summed E-state index contributed by atoms with van der Waals surface area (Å²) in [6.45, 7) is 1.74. The zero-order valence-corrected chi connectivity index (χ0v) is 15.4. The Labute approximate surface area is 164 Å². The minimum Gasteiger partial charge on any atom is -0.481 e. The van der Waals surface area contributed by atoms with E-state index in [1.165, 1.54) is 12.3 Å². The summed E-state index contributed by atoms with van der Waals surface area (Å²) in [4.78, 5) is 19.3. The lowest BCUT2D eigenvalue weighted by molar-refractivity contribution is -0.139. The van der Waals surface area contributed by atoms with E-state index < -0.39 is 23.5 Å². The van der Waals surface area contributed by atoms with Crippen LogP contribution in [0.1, 0.15) is 21.5 Å². The number of amides is 1. The number of rotatable bonds is 5. The largest absolute Gasteiger partial charge is 0.481 e. The summed E-state index contributed by atoms with van der Waals surface area (Å²) < 4.78 is 49.6. The Morgan fingerprint density at radius 1 is 1.07 bits per heavy atom. The van der Waals surface area contributed by atoms with Crippen molar-refractivity contribution in [3.05, 3.63) is 65.5 Å². The van der Waals surface area contributed by atoms with Gasteiger partial charge in [-0.15, -0.1) is 0 Å². The van der Waals surface area contributed by atoms with Crippen molar-refractivity contribution in [2.45, 2.75) is 13.1 Å². The maximum Gasteiger partial charge on any atom is 0.421 e. The smallest absolute Gasteiger partial charge is 0.421 e. The number of nitrogens with two attached hydrogens (primary N) is 1. The van der Waals surface area contributed by atoms with Crippen molar-refractivity contribution in [3.63, 3.8) is 0 Å². The van der Waals surface area contributed by atoms with Gasteiger partial charge < -0.3 is 15.2 Å². The molecule has 0 fully saturated rings. The van der Waals surface area contributed by atoms with Gasteiger partial charge in [-0.1, -0.05) is 6.07 Å². The average molecular weight is 403 g/mol. The molecular formula is C20H16F3N3O3. The minimum atomic E-state index is -4.64. The predicted octanol–water partition coefficient (Wildman–Crippen LogP) is 4.37. The number of carbonyl (C=O) groups excluding carboxylic acids is 1. The van der Waals surface area contributed by atoms with E-state index in [9.17, 15) is 18.0 Å². The zero-order chi connectivity index (χ0) is 21.2. The second kappa shape index (κ2) is 7.78. The molecule has 29 heavy (non-hydrogen) atoms. The number of nitrogens with zero attached hydrogens (tertiary/aromatic N) is 2. The van der Waals surface area contributed by atoms with Gasteiger partial charge in [0.1, 0.15) is 17.1 Å². The quantitative estimate of drug-likeness (QED) is 0.684. The molecule has 0 bridgehead atoms. The van der Waals surface area contributed by atoms with Crippen LogP contribution in [0.4, 0.5) is 13.2 Å². The van der Waals surface area contributed by atoms with Crippen molar-refractivity contribution in [3.8, 4) is 28.6 Å². The van der Waals surface area contributed by atoms with E-state index in [0.717, 1.165) is 19.4 Å². The normalized spacial score (nSPS) is 11.2. The van der Waals surface area contributed by atoms with E-state index in [-0.39, 0.29) is 11.5 Å². The van der Waals surface area contributed by atoms with Crippen molar-refractivity contribution in [1.82, 2.24) is 9.97 Å². The highest BCUT2D eigenvalue weighted by Crippen LogP contribution is 2.37. The third-order valence-corrected chi connectivity index (χ3v) is 4.08. The lowest BCUT2D eigenvalue weighted by Gasteiger charge is -2.13. The monoisotopic (exact) mass is 403 g/mol. The Kier molecular flexibility index (Phi) is 5.40. The highest BCUT2D eigenvalue weighted by molar-refractivity contribution is 5.94. The first-order chi connectivity index (χ1) is 13.7. The SMILES string of the molecule is COc1ncc(Oc2ccnc(-c3ccc(C(N)=O)c(C)c3)c2)cc1C(F)(F)F. The van der Waals surface area contributed by atoms with Crippen molar-refractivity contribution < 1.29 is 27.4 Å². The highest BCUT2D eigenvalue weighted by Gasteiger charge is 2.35. The number of ether oxygens (including phenoxy) is 2. The van der Waals surface area contributed by atoms with Crippen LogP contribution >= 0.6 is 0 Å². The van der Waals surface area contributed by atoms with Gasteiger partial charge in [-0.05, 0) is 30.7 Å². The summed E-state index contributed by atoms with van der Waals surface area (Å²) in [5.74, 6) is -0.904. The number of hydrogen-bond donors (Lipinski definition) is 1. The molecule has 2 aromatic heterocycles. The molecule has 3 rings (SSSR count). The van der Waals surface area contributed by atoms with Crippen LogP contribution in [0.3, 0.4) is 0 Å². The van der Waals surface area contributed by atoms with Gasteiger partial charge in [0.2, 0.25) is 11.8 Å². The third kappa shape index (κ3) is 4.45. The molecule has 0 aliphatic rings. The first-order valence-corrected chi connectivity index (χ1v) is 8.35. The van der Waals surface area contributed by atoms with Crippen LogP contribution in [0.2, 0.25) is 0 Å². The van der Waals surface area contributed by atoms with Crippen LogP contribution in [-0.2, 0) is 6.18 Å². The summed E-state index contributed by atoms with van der Waals surface area (Å²) >= 11 is 0. The molecule has 0 aliphatic carbocycles. The lowest BCUT2D eigenvalue weighted by Crippen LogP contribution is -2.12. The van der Waals surface area contributed by atoms with Gasteiger partial charge in [-0.25, -0.2) is 4.98 Å². The van der Waals surface area contributed by atoms with Crippen LogP contribution in [0.15, 0.2) is 48.8 Å². The summed E-state index contributed by atoms with van der Waals surface area (Å²) in [7, 11) is 1.11. The number of aromatic nitrogens is 2. The standard InChI is InChI=1S/C20H16F3N3O3/c1-11-7-12(3-4-15(11)18(24)27)17-9-13(5-6-25-17)29-14-8-16(20(21,22)23)19(28-2)26-10-14/h3-10H,1-2H3,(H2,24,27). The average Bonchev–Trinajstić information content (AvgIpc) is 2.67. The predicted molar refractivity (Wildman–Crippen MR) is 98.8 cm³/mol. The summed E-state index contributed by atoms with van der Waals surface area (Å²) in [5, 5.41) is 0. The molecule has 0 saturated carbocycles. The van der Waals surface area contributed by atoms with Gasteiger partial charge in [-0.3, -0.25) is 9.78 Å². The van der Waals surface area contributed by atoms with Gasteiger partial charge in [-0.2, -0.15) is 13.2 Å². The lowest BCUT2D eigenvalue weighted by atomic mass is 10.0. The van der Waals surface area contributed by atoms with E-state index in [1.54, 1.807) is 31.2 Å². The summed E-state index contributed by atoms with van der Waals surface area (Å²) in [6.07, 6.45) is -2.04. The van der Waals surface area contributed by atoms with Crippen molar-refractivity contribution in [2.75, 3.05) is 7.11 Å². The molecule has 0 unspecified atom stereocenters. The third-order valence-electron chi connectivity index (χ3n) is 4.08. The van der Waals surface area contributed by atoms with Crippen LogP contribution < -0.4 is 15.2 Å². The van der Waals surface area contributed by atoms with Gasteiger partial charge >= 0.3 is 6.18 Å². The molecule has 9 heteroatoms. The maximum absolute atomic E-state index is 13.1. The van der Waals surface area contributed by atoms with Crippen molar-refractivity contribution in [1.29, 1.82) is 0 Å². The van der Waals surface area contributed by atoms with E-state index in [0.29, 0.717) is 22.4 Å². The van der Waals surface area contributed by atoms with Gasteiger partial charge in [0, 0.05) is 29.5 Å². The summed E-state index contributed by atoms with van der Waals surface area (Å²) in [5.41, 5.74) is 6.55. The van der Waals surface area contributed by atoms with Crippen LogP contribution in [0, 0.1) is 6.92 Å². The first kappa shape index (κ1) is 20.1. The number of pyridine rings is 2.